The Morgan fingerprint density at radius 2 is 1.96 bits per heavy atom. The molecule has 6 nitrogen and oxygen atoms in total. The third kappa shape index (κ3) is 4.61. The fraction of sp³-hybridized carbons (Fsp3) is 0.312. The van der Waals surface area contributed by atoms with Gasteiger partial charge in [0.25, 0.3) is 0 Å². The maximum Gasteiger partial charge on any atom is 0.319 e. The second kappa shape index (κ2) is 8.19. The maximum absolute atomic E-state index is 13.6. The molecule has 1 N–H and O–H groups in total. The maximum atomic E-state index is 13.6. The van der Waals surface area contributed by atoms with Crippen LogP contribution in [0.25, 0.3) is 0 Å². The molecule has 8 heteroatoms. The Bertz CT molecular complexity index is 726. The van der Waals surface area contributed by atoms with Crippen molar-refractivity contribution in [3.05, 3.63) is 41.6 Å². The Balaban J connectivity index is 2.12. The first kappa shape index (κ1) is 17.6. The van der Waals surface area contributed by atoms with E-state index in [1.807, 2.05) is 0 Å². The molecule has 0 atom stereocenters. The molecule has 0 fully saturated rings. The predicted octanol–water partition coefficient (Wildman–Crippen LogP) is 2.73. The number of nitrogens with zero attached hydrogens (tertiary/aromatic N) is 2. The van der Waals surface area contributed by atoms with Gasteiger partial charge in [0.05, 0.1) is 25.8 Å². The normalized spacial score (nSPS) is 10.3. The van der Waals surface area contributed by atoms with Crippen molar-refractivity contribution in [3.63, 3.8) is 0 Å². The van der Waals surface area contributed by atoms with Gasteiger partial charge >= 0.3 is 6.01 Å². The van der Waals surface area contributed by atoms with E-state index in [4.69, 9.17) is 9.47 Å². The van der Waals surface area contributed by atoms with Gasteiger partial charge in [-0.2, -0.15) is 4.98 Å². The van der Waals surface area contributed by atoms with Crippen molar-refractivity contribution < 1.29 is 23.0 Å². The predicted molar refractivity (Wildman–Crippen MR) is 83.1 cm³/mol. The monoisotopic (exact) mass is 337 g/mol. The topological polar surface area (TPSA) is 73.3 Å². The van der Waals surface area contributed by atoms with Gasteiger partial charge in [0.15, 0.2) is 0 Å². The van der Waals surface area contributed by atoms with Gasteiger partial charge in [-0.1, -0.05) is 6.07 Å². The first-order chi connectivity index (χ1) is 11.5. The third-order valence-corrected chi connectivity index (χ3v) is 2.93. The van der Waals surface area contributed by atoms with Crippen LogP contribution in [0.1, 0.15) is 19.4 Å². The number of carbonyl (C=O) groups is 1. The van der Waals surface area contributed by atoms with E-state index in [1.54, 1.807) is 13.8 Å². The summed E-state index contributed by atoms with van der Waals surface area (Å²) in [5.41, 5.74) is 0.325. The van der Waals surface area contributed by atoms with Gasteiger partial charge < -0.3 is 14.8 Å². The van der Waals surface area contributed by atoms with Crippen LogP contribution in [-0.2, 0) is 11.2 Å². The number of carbonyl (C=O) groups excluding carboxylic acids is 1. The van der Waals surface area contributed by atoms with Crippen molar-refractivity contribution in [2.24, 2.45) is 0 Å². The Morgan fingerprint density at radius 1 is 1.21 bits per heavy atom. The minimum atomic E-state index is -0.780. The van der Waals surface area contributed by atoms with Crippen molar-refractivity contribution in [2.45, 2.75) is 20.3 Å². The summed E-state index contributed by atoms with van der Waals surface area (Å²) < 4.78 is 37.0. The largest absolute Gasteiger partial charge is 0.476 e. The van der Waals surface area contributed by atoms with Crippen LogP contribution < -0.4 is 14.8 Å². The van der Waals surface area contributed by atoms with E-state index in [1.165, 1.54) is 12.3 Å². The lowest BCUT2D eigenvalue weighted by Gasteiger charge is -2.11. The zero-order chi connectivity index (χ0) is 17.5. The summed E-state index contributed by atoms with van der Waals surface area (Å²) in [6, 6.07) is 3.18. The number of benzene rings is 1. The molecule has 0 spiro atoms. The van der Waals surface area contributed by atoms with Crippen molar-refractivity contribution in [3.8, 4) is 11.9 Å². The second-order valence-corrected chi connectivity index (χ2v) is 4.70. The molecule has 24 heavy (non-hydrogen) atoms. The lowest BCUT2D eigenvalue weighted by molar-refractivity contribution is -0.115. The SMILES string of the molecule is CCOc1ncc(NC(=O)Cc2ccc(F)cc2F)c(OCC)n1. The highest BCUT2D eigenvalue weighted by Gasteiger charge is 2.14. The number of halogens is 2. The van der Waals surface area contributed by atoms with E-state index in [0.29, 0.717) is 13.2 Å². The molecule has 1 amide bonds. The van der Waals surface area contributed by atoms with E-state index >= 15 is 0 Å². The standard InChI is InChI=1S/C16H17F2N3O3/c1-3-23-15-13(9-19-16(21-15)24-4-2)20-14(22)7-10-5-6-11(17)8-12(10)18/h5-6,8-9H,3-4,7H2,1-2H3,(H,20,22). The molecule has 1 heterocycles. The summed E-state index contributed by atoms with van der Waals surface area (Å²) in [7, 11) is 0. The molecule has 2 rings (SSSR count). The molecular formula is C16H17F2N3O3. The highest BCUT2D eigenvalue weighted by Crippen LogP contribution is 2.23. The number of anilines is 1. The third-order valence-electron chi connectivity index (χ3n) is 2.93. The van der Waals surface area contributed by atoms with Crippen LogP contribution in [0.4, 0.5) is 14.5 Å². The van der Waals surface area contributed by atoms with Crippen molar-refractivity contribution in [1.29, 1.82) is 0 Å². The van der Waals surface area contributed by atoms with E-state index in [-0.39, 0.29) is 29.6 Å². The summed E-state index contributed by atoms with van der Waals surface area (Å²) in [5, 5.41) is 2.55. The molecule has 2 aromatic rings. The lowest BCUT2D eigenvalue weighted by atomic mass is 10.1. The highest BCUT2D eigenvalue weighted by molar-refractivity contribution is 5.93. The van der Waals surface area contributed by atoms with Crippen LogP contribution in [-0.4, -0.2) is 29.1 Å². The zero-order valence-corrected chi connectivity index (χ0v) is 13.3. The number of nitrogens with one attached hydrogen (secondary N) is 1. The number of aromatic nitrogens is 2. The molecule has 0 aliphatic carbocycles. The fourth-order valence-electron chi connectivity index (χ4n) is 1.91. The number of amides is 1. The van der Waals surface area contributed by atoms with Gasteiger partial charge in [0.1, 0.15) is 17.3 Å². The van der Waals surface area contributed by atoms with Gasteiger partial charge in [0.2, 0.25) is 11.8 Å². The van der Waals surface area contributed by atoms with Gasteiger partial charge in [-0.3, -0.25) is 4.79 Å². The highest BCUT2D eigenvalue weighted by atomic mass is 19.1. The van der Waals surface area contributed by atoms with E-state index < -0.39 is 17.5 Å². The van der Waals surface area contributed by atoms with E-state index in [2.05, 4.69) is 15.3 Å². The van der Waals surface area contributed by atoms with Crippen LogP contribution >= 0.6 is 0 Å². The first-order valence-corrected chi connectivity index (χ1v) is 7.39. The molecule has 0 radical (unpaired) electrons. The quantitative estimate of drug-likeness (QED) is 0.841. The zero-order valence-electron chi connectivity index (χ0n) is 13.3. The van der Waals surface area contributed by atoms with Gasteiger partial charge in [-0.15, -0.1) is 0 Å². The lowest BCUT2D eigenvalue weighted by Crippen LogP contribution is -2.17. The Hall–Kier alpha value is -2.77. The first-order valence-electron chi connectivity index (χ1n) is 7.39. The molecule has 0 aliphatic rings. The molecular weight excluding hydrogens is 320 g/mol. The molecule has 1 aromatic heterocycles. The van der Waals surface area contributed by atoms with Gasteiger partial charge in [0, 0.05) is 6.07 Å². The number of ether oxygens (including phenoxy) is 2. The number of rotatable bonds is 7. The minimum Gasteiger partial charge on any atom is -0.476 e. The Morgan fingerprint density at radius 3 is 2.62 bits per heavy atom. The summed E-state index contributed by atoms with van der Waals surface area (Å²) in [5.74, 6) is -1.83. The van der Waals surface area contributed by atoms with E-state index in [0.717, 1.165) is 12.1 Å². The van der Waals surface area contributed by atoms with Crippen molar-refractivity contribution in [1.82, 2.24) is 9.97 Å². The molecule has 128 valence electrons. The molecule has 0 aliphatic heterocycles. The molecule has 0 saturated heterocycles. The minimum absolute atomic E-state index is 0.0821. The Kier molecular flexibility index (Phi) is 6.00. The smallest absolute Gasteiger partial charge is 0.319 e. The number of hydrogen-bond donors (Lipinski definition) is 1. The van der Waals surface area contributed by atoms with Crippen LogP contribution in [0.2, 0.25) is 0 Å². The summed E-state index contributed by atoms with van der Waals surface area (Å²) >= 11 is 0. The average Bonchev–Trinajstić information content (AvgIpc) is 2.53. The van der Waals surface area contributed by atoms with Gasteiger partial charge in [-0.25, -0.2) is 13.8 Å². The second-order valence-electron chi connectivity index (χ2n) is 4.70. The fourth-order valence-corrected chi connectivity index (χ4v) is 1.91. The number of hydrogen-bond acceptors (Lipinski definition) is 5. The van der Waals surface area contributed by atoms with Crippen LogP contribution in [0.3, 0.4) is 0 Å². The molecule has 1 aromatic carbocycles. The molecule has 0 unspecified atom stereocenters. The van der Waals surface area contributed by atoms with Gasteiger partial charge in [-0.05, 0) is 25.5 Å². The van der Waals surface area contributed by atoms with Crippen LogP contribution in [0.15, 0.2) is 24.4 Å². The van der Waals surface area contributed by atoms with Crippen LogP contribution in [0, 0.1) is 11.6 Å². The summed E-state index contributed by atoms with van der Waals surface area (Å²) in [4.78, 5) is 20.1. The Labute approximate surface area is 137 Å². The van der Waals surface area contributed by atoms with Crippen molar-refractivity contribution in [2.75, 3.05) is 18.5 Å². The van der Waals surface area contributed by atoms with Crippen molar-refractivity contribution >= 4 is 11.6 Å². The summed E-state index contributed by atoms with van der Waals surface area (Å²) in [6.07, 6.45) is 1.09. The molecule has 0 bridgehead atoms. The molecule has 0 saturated carbocycles. The summed E-state index contributed by atoms with van der Waals surface area (Å²) in [6.45, 7) is 4.28. The average molecular weight is 337 g/mol. The van der Waals surface area contributed by atoms with E-state index in [9.17, 15) is 13.6 Å². The van der Waals surface area contributed by atoms with Crippen LogP contribution in [0.5, 0.6) is 11.9 Å².